The number of carbonyl (C=O) groups excluding carboxylic acids is 1. The highest BCUT2D eigenvalue weighted by Gasteiger charge is 2.48. The van der Waals surface area contributed by atoms with E-state index in [0.29, 0.717) is 5.69 Å². The van der Waals surface area contributed by atoms with Gasteiger partial charge in [0.1, 0.15) is 11.5 Å². The fourth-order valence-electron chi connectivity index (χ4n) is 3.93. The Balaban J connectivity index is 1.35. The maximum Gasteiger partial charge on any atom is 0.274 e. The quantitative estimate of drug-likeness (QED) is 0.511. The third-order valence-corrected chi connectivity index (χ3v) is 5.78. The van der Waals surface area contributed by atoms with Crippen LogP contribution in [-0.4, -0.2) is 62.2 Å². The Kier molecular flexibility index (Phi) is 3.93. The highest BCUT2D eigenvalue weighted by atomic mass is 32.2. The van der Waals surface area contributed by atoms with Crippen molar-refractivity contribution in [2.24, 2.45) is 0 Å². The fraction of sp³-hybridized carbons (Fsp3) is 0.316. The lowest BCUT2D eigenvalue weighted by Crippen LogP contribution is -2.70. The first-order chi connectivity index (χ1) is 13.2. The van der Waals surface area contributed by atoms with E-state index in [-0.39, 0.29) is 18.0 Å². The predicted molar refractivity (Wildman–Crippen MR) is 104 cm³/mol. The molecule has 3 aromatic rings. The van der Waals surface area contributed by atoms with Crippen molar-refractivity contribution < 1.29 is 4.79 Å². The summed E-state index contributed by atoms with van der Waals surface area (Å²) in [5.74, 6) is 0.906. The molecular weight excluding hydrogens is 360 g/mol. The lowest BCUT2D eigenvalue weighted by molar-refractivity contribution is 0.00521. The molecule has 6 rings (SSSR count). The van der Waals surface area contributed by atoms with Crippen molar-refractivity contribution in [1.82, 2.24) is 24.8 Å². The third-order valence-electron chi connectivity index (χ3n) is 5.22. The number of nitrogens with zero attached hydrogens (tertiary/aromatic N) is 6. The molecule has 2 unspecified atom stereocenters. The summed E-state index contributed by atoms with van der Waals surface area (Å²) in [4.78, 5) is 34.9. The molecule has 3 aliphatic rings. The number of para-hydroxylation sites is 2. The van der Waals surface area contributed by atoms with Crippen molar-refractivity contribution in [2.45, 2.75) is 23.7 Å². The van der Waals surface area contributed by atoms with Gasteiger partial charge < -0.3 is 9.80 Å². The first-order valence-corrected chi connectivity index (χ1v) is 10.1. The molecule has 3 saturated heterocycles. The number of amides is 1. The Bertz CT molecular complexity index is 1020. The third kappa shape index (κ3) is 2.80. The summed E-state index contributed by atoms with van der Waals surface area (Å²) in [6, 6.07) is 9.93. The van der Waals surface area contributed by atoms with Crippen molar-refractivity contribution in [2.75, 3.05) is 24.2 Å². The van der Waals surface area contributed by atoms with Crippen LogP contribution < -0.4 is 4.90 Å². The molecule has 1 aromatic carbocycles. The second kappa shape index (κ2) is 6.45. The molecule has 5 heterocycles. The molecule has 27 heavy (non-hydrogen) atoms. The number of fused-ring (bicyclic) bond motifs is 3. The summed E-state index contributed by atoms with van der Waals surface area (Å²) in [6.07, 6.45) is 6.38. The molecule has 0 N–H and O–H groups in total. The van der Waals surface area contributed by atoms with E-state index < -0.39 is 0 Å². The molecule has 1 amide bonds. The fourth-order valence-corrected chi connectivity index (χ4v) is 4.28. The maximum absolute atomic E-state index is 13.0. The summed E-state index contributed by atoms with van der Waals surface area (Å²) in [7, 11) is 0. The van der Waals surface area contributed by atoms with Crippen LogP contribution in [0.25, 0.3) is 11.0 Å². The van der Waals surface area contributed by atoms with Crippen molar-refractivity contribution >= 4 is 34.5 Å². The van der Waals surface area contributed by atoms with E-state index in [4.69, 9.17) is 0 Å². The number of benzene rings is 1. The van der Waals surface area contributed by atoms with Gasteiger partial charge in [0.2, 0.25) is 0 Å². The van der Waals surface area contributed by atoms with Crippen LogP contribution in [0.15, 0.2) is 47.9 Å². The second-order valence-electron chi connectivity index (χ2n) is 6.81. The number of piperazine rings is 1. The van der Waals surface area contributed by atoms with E-state index in [9.17, 15) is 4.79 Å². The lowest BCUT2D eigenvalue weighted by Gasteiger charge is -2.56. The standard InChI is InChI=1S/C19H18N6OS/c1-27-19-20-7-6-17(23-19)24-10-12-8-13(11-24)25(12)18(26)16-9-21-14-4-2-3-5-15(14)22-16/h2-7,9,12-13H,8,10-11H2,1H3. The van der Waals surface area contributed by atoms with Gasteiger partial charge in [-0.25, -0.2) is 15.0 Å². The second-order valence-corrected chi connectivity index (χ2v) is 7.58. The van der Waals surface area contributed by atoms with Gasteiger partial charge in [0, 0.05) is 19.3 Å². The largest absolute Gasteiger partial charge is 0.352 e. The van der Waals surface area contributed by atoms with Gasteiger partial charge in [0.05, 0.1) is 29.3 Å². The maximum atomic E-state index is 13.0. The van der Waals surface area contributed by atoms with Crippen LogP contribution in [-0.2, 0) is 0 Å². The number of rotatable bonds is 3. The monoisotopic (exact) mass is 378 g/mol. The van der Waals surface area contributed by atoms with Gasteiger partial charge >= 0.3 is 0 Å². The molecule has 2 bridgehead atoms. The van der Waals surface area contributed by atoms with E-state index in [1.54, 1.807) is 12.4 Å². The Labute approximate surface area is 160 Å². The molecule has 7 nitrogen and oxygen atoms in total. The molecule has 136 valence electrons. The molecule has 8 heteroatoms. The highest BCUT2D eigenvalue weighted by molar-refractivity contribution is 7.98. The molecule has 3 fully saturated rings. The van der Waals surface area contributed by atoms with Crippen LogP contribution in [0.5, 0.6) is 0 Å². The molecule has 0 saturated carbocycles. The predicted octanol–water partition coefficient (Wildman–Crippen LogP) is 2.25. The Morgan fingerprint density at radius 1 is 1.07 bits per heavy atom. The summed E-state index contributed by atoms with van der Waals surface area (Å²) in [6.45, 7) is 1.57. The lowest BCUT2D eigenvalue weighted by atomic mass is 9.87. The van der Waals surface area contributed by atoms with Gasteiger partial charge in [-0.3, -0.25) is 9.78 Å². The van der Waals surface area contributed by atoms with Gasteiger partial charge in [-0.1, -0.05) is 23.9 Å². The van der Waals surface area contributed by atoms with Gasteiger partial charge in [0.25, 0.3) is 5.91 Å². The van der Waals surface area contributed by atoms with Crippen molar-refractivity contribution in [3.63, 3.8) is 0 Å². The Morgan fingerprint density at radius 3 is 2.63 bits per heavy atom. The SMILES string of the molecule is CSc1nccc(N2CC3CC(C2)N3C(=O)c2cnc3ccccc3n2)n1. The minimum atomic E-state index is -0.0263. The smallest absolute Gasteiger partial charge is 0.274 e. The van der Waals surface area contributed by atoms with Crippen LogP contribution in [0, 0.1) is 0 Å². The van der Waals surface area contributed by atoms with Gasteiger partial charge in [-0.2, -0.15) is 0 Å². The number of aromatic nitrogens is 4. The van der Waals surface area contributed by atoms with Crippen LogP contribution in [0.3, 0.4) is 0 Å². The summed E-state index contributed by atoms with van der Waals surface area (Å²) in [5, 5.41) is 0.770. The zero-order valence-electron chi connectivity index (χ0n) is 14.8. The summed E-state index contributed by atoms with van der Waals surface area (Å²) >= 11 is 1.53. The Hall–Kier alpha value is -2.74. The van der Waals surface area contributed by atoms with E-state index in [1.807, 2.05) is 41.5 Å². The minimum absolute atomic E-state index is 0.0263. The Morgan fingerprint density at radius 2 is 1.85 bits per heavy atom. The summed E-state index contributed by atoms with van der Waals surface area (Å²) < 4.78 is 0. The summed E-state index contributed by atoms with van der Waals surface area (Å²) in [5.41, 5.74) is 1.97. The molecule has 2 atom stereocenters. The zero-order valence-corrected chi connectivity index (χ0v) is 15.6. The molecule has 0 aliphatic carbocycles. The van der Waals surface area contributed by atoms with Crippen molar-refractivity contribution in [3.8, 4) is 0 Å². The molecule has 2 aromatic heterocycles. The number of anilines is 1. The zero-order chi connectivity index (χ0) is 18.4. The highest BCUT2D eigenvalue weighted by Crippen LogP contribution is 2.35. The average molecular weight is 378 g/mol. The van der Waals surface area contributed by atoms with Crippen molar-refractivity contribution in [3.05, 3.63) is 48.4 Å². The molecular formula is C19H18N6OS. The van der Waals surface area contributed by atoms with Crippen molar-refractivity contribution in [1.29, 1.82) is 0 Å². The first kappa shape index (κ1) is 16.4. The van der Waals surface area contributed by atoms with E-state index in [2.05, 4.69) is 24.8 Å². The first-order valence-electron chi connectivity index (χ1n) is 8.89. The number of piperidine rings is 1. The van der Waals surface area contributed by atoms with Crippen LogP contribution in [0.2, 0.25) is 0 Å². The minimum Gasteiger partial charge on any atom is -0.352 e. The number of hydrogen-bond donors (Lipinski definition) is 0. The molecule has 0 spiro atoms. The van der Waals surface area contributed by atoms with Crippen LogP contribution in [0.1, 0.15) is 16.9 Å². The number of carbonyl (C=O) groups is 1. The van der Waals surface area contributed by atoms with Crippen LogP contribution >= 0.6 is 11.8 Å². The topological polar surface area (TPSA) is 75.1 Å². The average Bonchev–Trinajstić information content (AvgIpc) is 2.73. The van der Waals surface area contributed by atoms with E-state index in [0.717, 1.165) is 41.5 Å². The normalized spacial score (nSPS) is 21.2. The van der Waals surface area contributed by atoms with Gasteiger partial charge in [-0.05, 0) is 30.9 Å². The number of hydrogen-bond acceptors (Lipinski definition) is 7. The molecule has 3 aliphatic heterocycles. The van der Waals surface area contributed by atoms with Crippen LogP contribution in [0.4, 0.5) is 5.82 Å². The van der Waals surface area contributed by atoms with Gasteiger partial charge in [0.15, 0.2) is 5.16 Å². The molecule has 0 radical (unpaired) electrons. The van der Waals surface area contributed by atoms with E-state index in [1.165, 1.54) is 11.8 Å². The number of thioether (sulfide) groups is 1. The van der Waals surface area contributed by atoms with Gasteiger partial charge in [-0.15, -0.1) is 0 Å². The van der Waals surface area contributed by atoms with E-state index >= 15 is 0 Å².